The van der Waals surface area contributed by atoms with Crippen molar-refractivity contribution >= 4 is 44.3 Å². The molecule has 0 aliphatic heterocycles. The zero-order valence-corrected chi connectivity index (χ0v) is 12.2. The number of nitrogens with one attached hydrogen (secondary N) is 1. The summed E-state index contributed by atoms with van der Waals surface area (Å²) in [5, 5.41) is 24.0. The Morgan fingerprint density at radius 3 is 2.81 bits per heavy atom. The lowest BCUT2D eigenvalue weighted by atomic mass is 10.3. The number of anilines is 1. The Hall–Kier alpha value is -2.74. The Morgan fingerprint density at radius 2 is 2.10 bits per heavy atom. The molecule has 0 bridgehead atoms. The number of nitriles is 2. The summed E-state index contributed by atoms with van der Waals surface area (Å²) < 4.78 is 1.02. The molecule has 0 atom stereocenters. The zero-order valence-electron chi connectivity index (χ0n) is 10.6. The van der Waals surface area contributed by atoms with Gasteiger partial charge in [-0.25, -0.2) is 4.98 Å². The maximum atomic E-state index is 8.63. The molecule has 5 nitrogen and oxygen atoms in total. The van der Waals surface area contributed by atoms with Gasteiger partial charge in [-0.15, -0.1) is 22.7 Å². The predicted octanol–water partition coefficient (Wildman–Crippen LogP) is 3.84. The van der Waals surface area contributed by atoms with Crippen molar-refractivity contribution in [2.75, 3.05) is 5.43 Å². The summed E-state index contributed by atoms with van der Waals surface area (Å²) in [6.07, 6.45) is 0. The first-order valence-electron chi connectivity index (χ1n) is 5.88. The lowest BCUT2D eigenvalue weighted by Gasteiger charge is -1.98. The number of hydrogen-bond acceptors (Lipinski definition) is 7. The fourth-order valence-corrected chi connectivity index (χ4v) is 3.50. The van der Waals surface area contributed by atoms with E-state index in [0.29, 0.717) is 5.69 Å². The summed E-state index contributed by atoms with van der Waals surface area (Å²) in [5.74, 6) is 0. The van der Waals surface area contributed by atoms with Crippen molar-refractivity contribution in [2.24, 2.45) is 5.10 Å². The molecule has 0 radical (unpaired) electrons. The van der Waals surface area contributed by atoms with Crippen molar-refractivity contribution in [1.82, 2.24) is 4.98 Å². The number of rotatable bonds is 3. The molecule has 100 valence electrons. The highest BCUT2D eigenvalue weighted by atomic mass is 32.1. The van der Waals surface area contributed by atoms with Gasteiger partial charge in [0.05, 0.1) is 20.8 Å². The van der Waals surface area contributed by atoms with Crippen molar-refractivity contribution < 1.29 is 0 Å². The molecule has 0 aliphatic rings. The van der Waals surface area contributed by atoms with Crippen molar-refractivity contribution in [3.05, 3.63) is 35.7 Å². The van der Waals surface area contributed by atoms with Gasteiger partial charge in [0.2, 0.25) is 5.71 Å². The second-order valence-corrected chi connectivity index (χ2v) is 5.95. The molecule has 0 saturated carbocycles. The van der Waals surface area contributed by atoms with Gasteiger partial charge in [0.1, 0.15) is 17.1 Å². The van der Waals surface area contributed by atoms with Crippen LogP contribution in [0.5, 0.6) is 0 Å². The largest absolute Gasteiger partial charge is 0.276 e. The Bertz CT molecular complexity index is 878. The number of thiazole rings is 1. The van der Waals surface area contributed by atoms with Crippen LogP contribution in [-0.2, 0) is 0 Å². The van der Waals surface area contributed by atoms with Crippen LogP contribution in [0.3, 0.4) is 0 Å². The Morgan fingerprint density at radius 1 is 1.24 bits per heavy atom. The summed E-state index contributed by atoms with van der Waals surface area (Å²) >= 11 is 3.25. The highest BCUT2D eigenvalue weighted by Gasteiger charge is 2.07. The van der Waals surface area contributed by atoms with E-state index < -0.39 is 0 Å². The van der Waals surface area contributed by atoms with E-state index in [-0.39, 0.29) is 5.71 Å². The minimum absolute atomic E-state index is 0.210. The van der Waals surface area contributed by atoms with Gasteiger partial charge in [0, 0.05) is 0 Å². The maximum Gasteiger partial charge on any atom is 0.237 e. The minimum Gasteiger partial charge on any atom is -0.276 e. The first-order chi connectivity index (χ1) is 10.3. The SMILES string of the molecule is N#CC(C#N)=NNc1ccc2nc(-c3cccs3)sc2c1. The van der Waals surface area contributed by atoms with Crippen LogP contribution in [0.2, 0.25) is 0 Å². The number of nitrogens with zero attached hydrogens (tertiary/aromatic N) is 4. The van der Waals surface area contributed by atoms with Crippen molar-refractivity contribution in [2.45, 2.75) is 0 Å². The average Bonchev–Trinajstić information content (AvgIpc) is 3.16. The third-order valence-corrected chi connectivity index (χ3v) is 4.69. The molecular formula is C14H7N5S2. The van der Waals surface area contributed by atoms with Crippen molar-refractivity contribution in [3.8, 4) is 22.0 Å². The summed E-state index contributed by atoms with van der Waals surface area (Å²) in [5.41, 5.74) is 4.13. The highest BCUT2D eigenvalue weighted by molar-refractivity contribution is 7.25. The third kappa shape index (κ3) is 2.75. The number of hydrazone groups is 1. The Balaban J connectivity index is 1.93. The number of benzene rings is 1. The predicted molar refractivity (Wildman–Crippen MR) is 85.2 cm³/mol. The van der Waals surface area contributed by atoms with E-state index in [4.69, 9.17) is 10.5 Å². The van der Waals surface area contributed by atoms with Crippen LogP contribution in [0.15, 0.2) is 40.8 Å². The van der Waals surface area contributed by atoms with Gasteiger partial charge in [-0.05, 0) is 29.6 Å². The van der Waals surface area contributed by atoms with E-state index in [1.165, 1.54) is 0 Å². The molecule has 0 amide bonds. The van der Waals surface area contributed by atoms with Crippen molar-refractivity contribution in [3.63, 3.8) is 0 Å². The van der Waals surface area contributed by atoms with Gasteiger partial charge in [0.15, 0.2) is 0 Å². The van der Waals surface area contributed by atoms with Crippen LogP contribution in [0.1, 0.15) is 0 Å². The molecule has 0 aliphatic carbocycles. The normalized spacial score (nSPS) is 9.81. The second kappa shape index (κ2) is 5.71. The highest BCUT2D eigenvalue weighted by Crippen LogP contribution is 2.33. The molecule has 0 saturated heterocycles. The molecule has 21 heavy (non-hydrogen) atoms. The van der Waals surface area contributed by atoms with Crippen LogP contribution in [0, 0.1) is 22.7 Å². The van der Waals surface area contributed by atoms with E-state index in [2.05, 4.69) is 15.5 Å². The molecule has 3 aromatic rings. The molecule has 2 heterocycles. The van der Waals surface area contributed by atoms with Crippen LogP contribution in [-0.4, -0.2) is 10.7 Å². The molecule has 1 N–H and O–H groups in total. The lowest BCUT2D eigenvalue weighted by Crippen LogP contribution is -1.95. The number of hydrogen-bond donors (Lipinski definition) is 1. The lowest BCUT2D eigenvalue weighted by molar-refractivity contribution is 1.34. The van der Waals surface area contributed by atoms with Gasteiger partial charge >= 0.3 is 0 Å². The van der Waals surface area contributed by atoms with Gasteiger partial charge in [0.25, 0.3) is 0 Å². The van der Waals surface area contributed by atoms with Gasteiger partial charge in [-0.1, -0.05) is 6.07 Å². The fourth-order valence-electron chi connectivity index (χ4n) is 1.70. The topological polar surface area (TPSA) is 84.9 Å². The smallest absolute Gasteiger partial charge is 0.237 e. The quantitative estimate of drug-likeness (QED) is 0.588. The standard InChI is InChI=1S/C14H7N5S2/c15-7-10(8-16)19-18-9-3-4-11-13(6-9)21-14(17-11)12-2-1-5-20-12/h1-6,18H. The van der Waals surface area contributed by atoms with Crippen LogP contribution >= 0.6 is 22.7 Å². The zero-order chi connectivity index (χ0) is 14.7. The number of fused-ring (bicyclic) bond motifs is 1. The Kier molecular flexibility index (Phi) is 3.61. The monoisotopic (exact) mass is 309 g/mol. The van der Waals surface area contributed by atoms with E-state index in [1.54, 1.807) is 34.8 Å². The minimum atomic E-state index is -0.210. The molecule has 2 aromatic heterocycles. The second-order valence-electron chi connectivity index (χ2n) is 3.97. The van der Waals surface area contributed by atoms with Gasteiger partial charge in [-0.3, -0.25) is 5.43 Å². The molecule has 0 spiro atoms. The molecule has 1 aromatic carbocycles. The average molecular weight is 309 g/mol. The first kappa shape index (κ1) is 13.3. The summed E-state index contributed by atoms with van der Waals surface area (Å²) in [6, 6.07) is 13.0. The summed E-state index contributed by atoms with van der Waals surface area (Å²) in [6.45, 7) is 0. The molecular weight excluding hydrogens is 302 g/mol. The van der Waals surface area contributed by atoms with Crippen LogP contribution in [0.4, 0.5) is 5.69 Å². The molecule has 3 rings (SSSR count). The number of aromatic nitrogens is 1. The van der Waals surface area contributed by atoms with E-state index >= 15 is 0 Å². The van der Waals surface area contributed by atoms with Crippen LogP contribution in [0.25, 0.3) is 20.1 Å². The molecule has 7 heteroatoms. The fraction of sp³-hybridized carbons (Fsp3) is 0. The third-order valence-electron chi connectivity index (χ3n) is 2.63. The number of thiophene rings is 1. The van der Waals surface area contributed by atoms with E-state index in [0.717, 1.165) is 20.1 Å². The first-order valence-corrected chi connectivity index (χ1v) is 7.58. The summed E-state index contributed by atoms with van der Waals surface area (Å²) in [4.78, 5) is 5.72. The Labute approximate surface area is 128 Å². The van der Waals surface area contributed by atoms with E-state index in [9.17, 15) is 0 Å². The maximum absolute atomic E-state index is 8.63. The molecule has 0 fully saturated rings. The van der Waals surface area contributed by atoms with Crippen LogP contribution < -0.4 is 5.43 Å². The van der Waals surface area contributed by atoms with Crippen molar-refractivity contribution in [1.29, 1.82) is 10.5 Å². The van der Waals surface area contributed by atoms with Gasteiger partial charge < -0.3 is 0 Å². The van der Waals surface area contributed by atoms with E-state index in [1.807, 2.05) is 35.7 Å². The summed E-state index contributed by atoms with van der Waals surface area (Å²) in [7, 11) is 0. The van der Waals surface area contributed by atoms with Gasteiger partial charge in [-0.2, -0.15) is 15.6 Å². The molecule has 0 unspecified atom stereocenters.